The second-order valence-electron chi connectivity index (χ2n) is 5.10. The predicted octanol–water partition coefficient (Wildman–Crippen LogP) is 2.37. The van der Waals surface area contributed by atoms with Crippen LogP contribution in [-0.2, 0) is 16.1 Å². The maximum absolute atomic E-state index is 12.3. The van der Waals surface area contributed by atoms with Crippen LogP contribution in [0.5, 0.6) is 0 Å². The monoisotopic (exact) mass is 278 g/mol. The highest BCUT2D eigenvalue weighted by molar-refractivity contribution is 7.09. The van der Waals surface area contributed by atoms with Crippen molar-refractivity contribution in [3.05, 3.63) is 28.7 Å². The van der Waals surface area contributed by atoms with Gasteiger partial charge in [-0.05, 0) is 25.7 Å². The Morgan fingerprint density at radius 3 is 2.84 bits per heavy atom. The lowest BCUT2D eigenvalue weighted by Crippen LogP contribution is -2.36. The zero-order chi connectivity index (χ0) is 13.1. The Hall–Kier alpha value is -1.20. The summed E-state index contributed by atoms with van der Waals surface area (Å²) in [5.74, 6) is 0.114. The fourth-order valence-corrected chi connectivity index (χ4v) is 2.89. The average Bonchev–Trinajstić information content (AvgIpc) is 2.94. The van der Waals surface area contributed by atoms with Gasteiger partial charge in [-0.2, -0.15) is 0 Å². The molecule has 3 rings (SSSR count). The van der Waals surface area contributed by atoms with Crippen molar-refractivity contribution in [2.24, 2.45) is 0 Å². The summed E-state index contributed by atoms with van der Waals surface area (Å²) in [6, 6.07) is 0.417. The Balaban J connectivity index is 1.52. The smallest absolute Gasteiger partial charge is 0.249 e. The molecule has 1 aromatic heterocycles. The number of carbonyl (C=O) groups excluding carboxylic acids is 1. The van der Waals surface area contributed by atoms with Gasteiger partial charge in [0.05, 0.1) is 18.2 Å². The summed E-state index contributed by atoms with van der Waals surface area (Å²) in [5, 5.41) is 0. The lowest BCUT2D eigenvalue weighted by atomic mass is 10.3. The normalized spacial score (nSPS) is 18.9. The molecule has 4 nitrogen and oxygen atoms in total. The van der Waals surface area contributed by atoms with Crippen molar-refractivity contribution in [1.29, 1.82) is 0 Å². The Bertz CT molecular complexity index is 446. The topological polar surface area (TPSA) is 42.4 Å². The van der Waals surface area contributed by atoms with Crippen molar-refractivity contribution < 1.29 is 9.53 Å². The van der Waals surface area contributed by atoms with E-state index < -0.39 is 0 Å². The van der Waals surface area contributed by atoms with Crippen LogP contribution < -0.4 is 0 Å². The number of aromatic nitrogens is 1. The molecule has 1 heterocycles. The Kier molecular flexibility index (Phi) is 3.94. The molecule has 2 aliphatic rings. The summed E-state index contributed by atoms with van der Waals surface area (Å²) in [6.07, 6.45) is 10.4. The summed E-state index contributed by atoms with van der Waals surface area (Å²) in [7, 11) is 0. The minimum absolute atomic E-state index is 0.114. The highest BCUT2D eigenvalue weighted by Crippen LogP contribution is 2.29. The fourth-order valence-electron chi connectivity index (χ4n) is 2.30. The van der Waals surface area contributed by atoms with Crippen molar-refractivity contribution in [1.82, 2.24) is 9.88 Å². The molecule has 1 saturated carbocycles. The highest BCUT2D eigenvalue weighted by Gasteiger charge is 2.33. The van der Waals surface area contributed by atoms with E-state index in [4.69, 9.17) is 4.74 Å². The number of hydrogen-bond acceptors (Lipinski definition) is 4. The van der Waals surface area contributed by atoms with Crippen LogP contribution in [0.4, 0.5) is 0 Å². The van der Waals surface area contributed by atoms with E-state index in [1.807, 2.05) is 16.6 Å². The third-order valence-corrected chi connectivity index (χ3v) is 4.29. The van der Waals surface area contributed by atoms with Gasteiger partial charge in [0.25, 0.3) is 0 Å². The quantitative estimate of drug-likeness (QED) is 0.750. The molecule has 1 fully saturated rings. The van der Waals surface area contributed by atoms with E-state index in [1.54, 1.807) is 11.3 Å². The molecule has 0 spiro atoms. The van der Waals surface area contributed by atoms with Crippen molar-refractivity contribution in [2.75, 3.05) is 6.61 Å². The van der Waals surface area contributed by atoms with Crippen molar-refractivity contribution in [2.45, 2.75) is 44.4 Å². The van der Waals surface area contributed by atoms with Crippen LogP contribution in [-0.4, -0.2) is 34.5 Å². The fraction of sp³-hybridized carbons (Fsp3) is 0.571. The zero-order valence-corrected chi connectivity index (χ0v) is 11.6. The van der Waals surface area contributed by atoms with Crippen molar-refractivity contribution >= 4 is 17.2 Å². The minimum Gasteiger partial charge on any atom is -0.368 e. The van der Waals surface area contributed by atoms with E-state index in [2.05, 4.69) is 17.1 Å². The number of ether oxygens (including phenoxy) is 1. The van der Waals surface area contributed by atoms with E-state index in [1.165, 1.54) is 0 Å². The standard InChI is InChI=1S/C14H18N2O2S/c17-14(9-18-12-3-1-2-4-12)16(11-5-6-11)8-13-7-15-10-19-13/h1-2,7,10-12H,3-6,8-9H2. The molecule has 5 heteroatoms. The Labute approximate surface area is 117 Å². The van der Waals surface area contributed by atoms with Crippen LogP contribution in [0.25, 0.3) is 0 Å². The molecule has 0 atom stereocenters. The van der Waals surface area contributed by atoms with Gasteiger partial charge in [-0.15, -0.1) is 11.3 Å². The van der Waals surface area contributed by atoms with Gasteiger partial charge in [0, 0.05) is 17.1 Å². The zero-order valence-electron chi connectivity index (χ0n) is 10.8. The first kappa shape index (κ1) is 12.8. The molecule has 2 aliphatic carbocycles. The molecule has 102 valence electrons. The first-order chi connectivity index (χ1) is 9.33. The molecular formula is C14H18N2O2S. The molecule has 0 radical (unpaired) electrons. The van der Waals surface area contributed by atoms with Crippen LogP contribution in [0, 0.1) is 0 Å². The third-order valence-electron chi connectivity index (χ3n) is 3.52. The first-order valence-corrected chi connectivity index (χ1v) is 7.64. The molecule has 0 aliphatic heterocycles. The molecular weight excluding hydrogens is 260 g/mol. The summed E-state index contributed by atoms with van der Waals surface area (Å²) in [6.45, 7) is 0.891. The molecule has 19 heavy (non-hydrogen) atoms. The maximum atomic E-state index is 12.3. The number of rotatable bonds is 6. The number of amides is 1. The van der Waals surface area contributed by atoms with Gasteiger partial charge in [-0.25, -0.2) is 0 Å². The van der Waals surface area contributed by atoms with Crippen LogP contribution >= 0.6 is 11.3 Å². The Morgan fingerprint density at radius 1 is 1.42 bits per heavy atom. The number of carbonyl (C=O) groups is 1. The minimum atomic E-state index is 0.114. The van der Waals surface area contributed by atoms with E-state index in [9.17, 15) is 4.79 Å². The summed E-state index contributed by atoms with van der Waals surface area (Å²) in [4.78, 5) is 19.4. The van der Waals surface area contributed by atoms with Crippen LogP contribution in [0.3, 0.4) is 0 Å². The molecule has 0 bridgehead atoms. The average molecular weight is 278 g/mol. The summed E-state index contributed by atoms with van der Waals surface area (Å²) < 4.78 is 5.68. The van der Waals surface area contributed by atoms with Crippen LogP contribution in [0.15, 0.2) is 23.9 Å². The highest BCUT2D eigenvalue weighted by atomic mass is 32.1. The SMILES string of the molecule is O=C(COC1CC=CC1)N(Cc1cncs1)C1CC1. The van der Waals surface area contributed by atoms with Gasteiger partial charge in [0.1, 0.15) is 6.61 Å². The Morgan fingerprint density at radius 2 is 2.21 bits per heavy atom. The van der Waals surface area contributed by atoms with Gasteiger partial charge in [0.2, 0.25) is 5.91 Å². The number of nitrogens with zero attached hydrogens (tertiary/aromatic N) is 2. The van der Waals surface area contributed by atoms with Gasteiger partial charge in [0.15, 0.2) is 0 Å². The lowest BCUT2D eigenvalue weighted by molar-refractivity contribution is -0.139. The number of thiazole rings is 1. The first-order valence-electron chi connectivity index (χ1n) is 6.76. The molecule has 0 saturated heterocycles. The molecule has 0 aromatic carbocycles. The van der Waals surface area contributed by atoms with E-state index in [-0.39, 0.29) is 18.6 Å². The summed E-state index contributed by atoms with van der Waals surface area (Å²) >= 11 is 1.60. The third kappa shape index (κ3) is 3.42. The predicted molar refractivity (Wildman–Crippen MR) is 73.8 cm³/mol. The second-order valence-corrected chi connectivity index (χ2v) is 6.07. The van der Waals surface area contributed by atoms with Crippen molar-refractivity contribution in [3.8, 4) is 0 Å². The van der Waals surface area contributed by atoms with E-state index in [0.29, 0.717) is 12.6 Å². The van der Waals surface area contributed by atoms with Crippen molar-refractivity contribution in [3.63, 3.8) is 0 Å². The summed E-state index contributed by atoms with van der Waals surface area (Å²) in [5.41, 5.74) is 1.81. The molecule has 1 aromatic rings. The van der Waals surface area contributed by atoms with E-state index in [0.717, 1.165) is 30.6 Å². The van der Waals surface area contributed by atoms with Gasteiger partial charge in [-0.1, -0.05) is 12.2 Å². The molecule has 0 N–H and O–H groups in total. The number of hydrogen-bond donors (Lipinski definition) is 0. The van der Waals surface area contributed by atoms with Crippen LogP contribution in [0.1, 0.15) is 30.6 Å². The largest absolute Gasteiger partial charge is 0.368 e. The lowest BCUT2D eigenvalue weighted by Gasteiger charge is -2.22. The van der Waals surface area contributed by atoms with Crippen LogP contribution in [0.2, 0.25) is 0 Å². The molecule has 0 unspecified atom stereocenters. The van der Waals surface area contributed by atoms with Gasteiger partial charge < -0.3 is 9.64 Å². The van der Waals surface area contributed by atoms with Gasteiger partial charge >= 0.3 is 0 Å². The van der Waals surface area contributed by atoms with Gasteiger partial charge in [-0.3, -0.25) is 9.78 Å². The maximum Gasteiger partial charge on any atom is 0.249 e. The van der Waals surface area contributed by atoms with E-state index >= 15 is 0 Å². The molecule has 1 amide bonds. The second kappa shape index (κ2) is 5.84.